The SMILES string of the molecule is CN1CCC(C#N)C(F)(F)C1. The molecule has 2 nitrogen and oxygen atoms in total. The quantitative estimate of drug-likeness (QED) is 0.530. The maximum atomic E-state index is 12.9. The van der Waals surface area contributed by atoms with Gasteiger partial charge in [-0.25, -0.2) is 8.78 Å². The van der Waals surface area contributed by atoms with Crippen LogP contribution < -0.4 is 0 Å². The van der Waals surface area contributed by atoms with Crippen LogP contribution in [0.4, 0.5) is 8.78 Å². The summed E-state index contributed by atoms with van der Waals surface area (Å²) in [6.45, 7) is 0.305. The molecule has 0 amide bonds. The number of halogens is 2. The van der Waals surface area contributed by atoms with Gasteiger partial charge in [-0.15, -0.1) is 0 Å². The minimum Gasteiger partial charge on any atom is -0.300 e. The zero-order valence-electron chi connectivity index (χ0n) is 6.35. The van der Waals surface area contributed by atoms with Crippen molar-refractivity contribution in [3.8, 4) is 6.07 Å². The number of hydrogen-bond acceptors (Lipinski definition) is 2. The lowest BCUT2D eigenvalue weighted by Gasteiger charge is -2.32. The van der Waals surface area contributed by atoms with Crippen LogP contribution in [0.5, 0.6) is 0 Å². The predicted octanol–water partition coefficient (Wildman–Crippen LogP) is 1.10. The molecule has 1 saturated heterocycles. The third kappa shape index (κ3) is 1.66. The Morgan fingerprint density at radius 1 is 1.64 bits per heavy atom. The summed E-state index contributed by atoms with van der Waals surface area (Å²) in [5.41, 5.74) is 0. The molecular formula is C7H10F2N2. The average molecular weight is 160 g/mol. The van der Waals surface area contributed by atoms with Crippen LogP contribution in [0, 0.1) is 17.2 Å². The number of nitriles is 1. The van der Waals surface area contributed by atoms with E-state index in [1.165, 1.54) is 0 Å². The van der Waals surface area contributed by atoms with E-state index < -0.39 is 11.8 Å². The van der Waals surface area contributed by atoms with E-state index in [4.69, 9.17) is 5.26 Å². The van der Waals surface area contributed by atoms with Gasteiger partial charge in [0.25, 0.3) is 5.92 Å². The topological polar surface area (TPSA) is 27.0 Å². The summed E-state index contributed by atoms with van der Waals surface area (Å²) < 4.78 is 25.7. The van der Waals surface area contributed by atoms with Gasteiger partial charge in [0.15, 0.2) is 0 Å². The zero-order valence-corrected chi connectivity index (χ0v) is 6.35. The molecule has 0 saturated carbocycles. The Morgan fingerprint density at radius 3 is 2.73 bits per heavy atom. The number of likely N-dealkylation sites (tertiary alicyclic amines) is 1. The Kier molecular flexibility index (Phi) is 2.10. The first kappa shape index (κ1) is 8.41. The lowest BCUT2D eigenvalue weighted by molar-refractivity contribution is -0.0858. The Bertz CT molecular complexity index is 185. The summed E-state index contributed by atoms with van der Waals surface area (Å²) in [6, 6.07) is 1.64. The predicted molar refractivity (Wildman–Crippen MR) is 36.2 cm³/mol. The molecule has 62 valence electrons. The van der Waals surface area contributed by atoms with Gasteiger partial charge < -0.3 is 4.90 Å². The summed E-state index contributed by atoms with van der Waals surface area (Å²) in [5.74, 6) is -3.90. The number of piperidine rings is 1. The monoisotopic (exact) mass is 160 g/mol. The van der Waals surface area contributed by atoms with Gasteiger partial charge in [-0.1, -0.05) is 0 Å². The second-order valence-corrected chi connectivity index (χ2v) is 2.97. The van der Waals surface area contributed by atoms with Gasteiger partial charge in [0.2, 0.25) is 0 Å². The van der Waals surface area contributed by atoms with Gasteiger partial charge >= 0.3 is 0 Å². The van der Waals surface area contributed by atoms with E-state index in [2.05, 4.69) is 0 Å². The molecule has 1 aliphatic heterocycles. The molecule has 1 fully saturated rings. The van der Waals surface area contributed by atoms with E-state index in [1.54, 1.807) is 18.0 Å². The standard InChI is InChI=1S/C7H10F2N2/c1-11-3-2-6(4-10)7(8,9)5-11/h6H,2-3,5H2,1H3. The van der Waals surface area contributed by atoms with Crippen LogP contribution >= 0.6 is 0 Å². The highest BCUT2D eigenvalue weighted by Crippen LogP contribution is 2.31. The molecule has 0 N–H and O–H groups in total. The summed E-state index contributed by atoms with van der Waals surface area (Å²) in [5, 5.41) is 8.36. The second-order valence-electron chi connectivity index (χ2n) is 2.97. The van der Waals surface area contributed by atoms with Crippen molar-refractivity contribution >= 4 is 0 Å². The minimum absolute atomic E-state index is 0.278. The lowest BCUT2D eigenvalue weighted by Crippen LogP contribution is -2.46. The molecule has 0 aromatic carbocycles. The first-order chi connectivity index (χ1) is 5.06. The zero-order chi connectivity index (χ0) is 8.48. The van der Waals surface area contributed by atoms with Crippen molar-refractivity contribution in [3.63, 3.8) is 0 Å². The van der Waals surface area contributed by atoms with Crippen molar-refractivity contribution in [2.45, 2.75) is 12.3 Å². The van der Waals surface area contributed by atoms with Gasteiger partial charge in [-0.3, -0.25) is 0 Å². The van der Waals surface area contributed by atoms with E-state index >= 15 is 0 Å². The molecule has 4 heteroatoms. The maximum Gasteiger partial charge on any atom is 0.276 e. The molecular weight excluding hydrogens is 150 g/mol. The average Bonchev–Trinajstić information content (AvgIpc) is 1.85. The molecule has 0 aromatic heterocycles. The molecule has 0 aliphatic carbocycles. The van der Waals surface area contributed by atoms with Crippen molar-refractivity contribution in [2.75, 3.05) is 20.1 Å². The van der Waals surface area contributed by atoms with Crippen LogP contribution in [-0.2, 0) is 0 Å². The highest BCUT2D eigenvalue weighted by atomic mass is 19.3. The molecule has 1 unspecified atom stereocenters. The van der Waals surface area contributed by atoms with Crippen LogP contribution in [0.3, 0.4) is 0 Å². The molecule has 1 rings (SSSR count). The number of alkyl halides is 2. The van der Waals surface area contributed by atoms with Gasteiger partial charge in [-0.05, 0) is 20.0 Å². The lowest BCUT2D eigenvalue weighted by atomic mass is 9.95. The fourth-order valence-corrected chi connectivity index (χ4v) is 1.27. The van der Waals surface area contributed by atoms with Gasteiger partial charge in [0.05, 0.1) is 12.6 Å². The second kappa shape index (κ2) is 2.74. The Labute approximate surface area is 64.4 Å². The smallest absolute Gasteiger partial charge is 0.276 e. The van der Waals surface area contributed by atoms with E-state index in [-0.39, 0.29) is 13.0 Å². The van der Waals surface area contributed by atoms with Crippen molar-refractivity contribution in [1.29, 1.82) is 5.26 Å². The summed E-state index contributed by atoms with van der Waals surface area (Å²) >= 11 is 0. The molecule has 1 aliphatic rings. The number of nitrogens with zero attached hydrogens (tertiary/aromatic N) is 2. The molecule has 0 bridgehead atoms. The third-order valence-corrected chi connectivity index (χ3v) is 1.95. The molecule has 11 heavy (non-hydrogen) atoms. The van der Waals surface area contributed by atoms with Crippen LogP contribution in [0.1, 0.15) is 6.42 Å². The Balaban J connectivity index is 2.66. The van der Waals surface area contributed by atoms with Gasteiger partial charge in [0.1, 0.15) is 5.92 Å². The van der Waals surface area contributed by atoms with Crippen molar-refractivity contribution in [2.24, 2.45) is 5.92 Å². The highest BCUT2D eigenvalue weighted by molar-refractivity contribution is 4.97. The molecule has 0 spiro atoms. The van der Waals surface area contributed by atoms with Gasteiger partial charge in [-0.2, -0.15) is 5.26 Å². The first-order valence-corrected chi connectivity index (χ1v) is 3.52. The molecule has 0 aromatic rings. The maximum absolute atomic E-state index is 12.9. The largest absolute Gasteiger partial charge is 0.300 e. The van der Waals surface area contributed by atoms with Crippen molar-refractivity contribution < 1.29 is 8.78 Å². The fourth-order valence-electron chi connectivity index (χ4n) is 1.27. The minimum atomic E-state index is -2.82. The molecule has 0 radical (unpaired) electrons. The van der Waals surface area contributed by atoms with E-state index in [1.807, 2.05) is 0 Å². The van der Waals surface area contributed by atoms with E-state index in [0.717, 1.165) is 0 Å². The van der Waals surface area contributed by atoms with Crippen LogP contribution in [0.2, 0.25) is 0 Å². The molecule has 1 atom stereocenters. The molecule has 1 heterocycles. The normalized spacial score (nSPS) is 31.3. The summed E-state index contributed by atoms with van der Waals surface area (Å²) in [4.78, 5) is 1.55. The van der Waals surface area contributed by atoms with Gasteiger partial charge in [0, 0.05) is 0 Å². The number of rotatable bonds is 0. The van der Waals surface area contributed by atoms with Crippen molar-refractivity contribution in [1.82, 2.24) is 4.90 Å². The van der Waals surface area contributed by atoms with Crippen LogP contribution in [-0.4, -0.2) is 31.0 Å². The first-order valence-electron chi connectivity index (χ1n) is 3.52. The highest BCUT2D eigenvalue weighted by Gasteiger charge is 2.43. The Hall–Kier alpha value is -0.690. The van der Waals surface area contributed by atoms with E-state index in [9.17, 15) is 8.78 Å². The summed E-state index contributed by atoms with van der Waals surface area (Å²) in [7, 11) is 1.64. The Morgan fingerprint density at radius 2 is 2.27 bits per heavy atom. The van der Waals surface area contributed by atoms with E-state index in [0.29, 0.717) is 6.54 Å². The number of hydrogen-bond donors (Lipinski definition) is 0. The fraction of sp³-hybridized carbons (Fsp3) is 0.857. The van der Waals surface area contributed by atoms with Crippen LogP contribution in [0.25, 0.3) is 0 Å². The third-order valence-electron chi connectivity index (χ3n) is 1.95. The van der Waals surface area contributed by atoms with Crippen LogP contribution in [0.15, 0.2) is 0 Å². The summed E-state index contributed by atoms with van der Waals surface area (Å²) in [6.07, 6.45) is 0.278. The van der Waals surface area contributed by atoms with Crippen molar-refractivity contribution in [3.05, 3.63) is 0 Å².